The van der Waals surface area contributed by atoms with Crippen molar-refractivity contribution in [1.82, 2.24) is 4.57 Å². The Morgan fingerprint density at radius 1 is 1.17 bits per heavy atom. The fourth-order valence-electron chi connectivity index (χ4n) is 0.975. The number of aryl methyl sites for hydroxylation is 2. The molecule has 0 aromatic carbocycles. The van der Waals surface area contributed by atoms with Crippen LogP contribution < -0.4 is 23.4 Å². The molecule has 0 spiro atoms. The van der Waals surface area contributed by atoms with E-state index < -0.39 is 17.9 Å². The summed E-state index contributed by atoms with van der Waals surface area (Å²) in [5.74, 6) is 0. The van der Waals surface area contributed by atoms with Crippen LogP contribution in [0.15, 0.2) is 18.7 Å². The molecule has 0 bridgehead atoms. The molecule has 136 valence electrons. The zero-order valence-electron chi connectivity index (χ0n) is 13.1. The topological polar surface area (TPSA) is 66.0 Å². The summed E-state index contributed by atoms with van der Waals surface area (Å²) in [6, 6.07) is 0. The Labute approximate surface area is 142 Å². The third-order valence-corrected chi connectivity index (χ3v) is 1.59. The molecule has 0 amide bonds. The van der Waals surface area contributed by atoms with Gasteiger partial charge in [-0.15, -0.1) is 0 Å². The summed E-state index contributed by atoms with van der Waals surface area (Å²) in [6.45, 7) is 3.36. The zero-order valence-corrected chi connectivity index (χ0v) is 14.8. The number of nitrogens with zero attached hydrogens (tertiary/aromatic N) is 2. The Hall–Kier alpha value is -0.273. The minimum atomic E-state index is -10.7. The molecule has 0 atom stereocenters. The van der Waals surface area contributed by atoms with Gasteiger partial charge < -0.3 is 4.55 Å². The molecule has 5 nitrogen and oxygen atoms in total. The molecule has 0 unspecified atom stereocenters. The largest absolute Gasteiger partial charge is 1.00 e. The maximum absolute atomic E-state index is 10.7. The van der Waals surface area contributed by atoms with Crippen molar-refractivity contribution in [2.24, 2.45) is 7.05 Å². The second kappa shape index (κ2) is 8.72. The molecule has 0 aliphatic heterocycles. The van der Waals surface area contributed by atoms with Gasteiger partial charge >= 0.3 is 51.9 Å². The van der Waals surface area contributed by atoms with E-state index in [4.69, 9.17) is 13.0 Å². The summed E-state index contributed by atoms with van der Waals surface area (Å²) in [4.78, 5) is 0. The summed E-state index contributed by atoms with van der Waals surface area (Å²) in [5.41, 5.74) is 0. The first-order chi connectivity index (χ1) is 9.28. The molecule has 1 rings (SSSR count). The smallest absolute Gasteiger partial charge is 1.00 e. The van der Waals surface area contributed by atoms with Gasteiger partial charge in [0.05, 0.1) is 23.7 Å². The fraction of sp³-hybridized carbons (Fsp3) is 0.667. The van der Waals surface area contributed by atoms with Gasteiger partial charge in [-0.3, -0.25) is 0 Å². The number of aromatic nitrogens is 2. The van der Waals surface area contributed by atoms with E-state index in [1.165, 1.54) is 12.8 Å². The molecule has 14 heteroatoms. The van der Waals surface area contributed by atoms with E-state index in [-0.39, 0.29) is 18.9 Å². The van der Waals surface area contributed by atoms with Crippen molar-refractivity contribution in [3.05, 3.63) is 18.7 Å². The minimum absolute atomic E-state index is 0. The van der Waals surface area contributed by atoms with E-state index in [9.17, 15) is 25.2 Å². The fourth-order valence-corrected chi connectivity index (χ4v) is 0.975. The molecule has 0 saturated carbocycles. The Balaban J connectivity index is -0.000000273. The van der Waals surface area contributed by atoms with Crippen molar-refractivity contribution >= 4 is 17.9 Å². The molecule has 0 saturated heterocycles. The molecular formula is C9H18F6LiN2O3PS. The number of hydrogen-bond acceptors (Lipinski definition) is 3. The van der Waals surface area contributed by atoms with Crippen LogP contribution in [0.2, 0.25) is 0 Å². The van der Waals surface area contributed by atoms with Gasteiger partial charge in [0.1, 0.15) is 12.4 Å². The SMILES string of the molecule is CCCCn1cc[n+](C)c1.CS(=O)(=O)[O-].F[P-](F)(F)(F)(F)F.[Li+]. The standard InChI is InChI=1S/C8H15N2.CH4O3S.F6P.Li/c1-3-4-5-10-7-6-9(2)8-10;1-5(2,3)4;1-7(2,3,4,5)6;/h6-8H,3-5H2,1-2H3;1H3,(H,2,3,4);;/q+1;;-1;+1/p-1. The summed E-state index contributed by atoms with van der Waals surface area (Å²) in [7, 11) is -12.5. The van der Waals surface area contributed by atoms with E-state index in [2.05, 4.69) is 34.8 Å². The van der Waals surface area contributed by atoms with E-state index in [1.54, 1.807) is 0 Å². The summed E-state index contributed by atoms with van der Waals surface area (Å²) < 4.78 is 90.7. The van der Waals surface area contributed by atoms with Gasteiger partial charge in [-0.25, -0.2) is 17.6 Å². The second-order valence-electron chi connectivity index (χ2n) is 4.33. The van der Waals surface area contributed by atoms with Gasteiger partial charge in [-0.2, -0.15) is 0 Å². The molecule has 0 N–H and O–H groups in total. The zero-order chi connectivity index (χ0) is 18.3. The van der Waals surface area contributed by atoms with Crippen LogP contribution in [-0.4, -0.2) is 23.8 Å². The molecule has 0 radical (unpaired) electrons. The van der Waals surface area contributed by atoms with Gasteiger partial charge in [0.2, 0.25) is 6.33 Å². The maximum atomic E-state index is 9.87. The summed E-state index contributed by atoms with van der Waals surface area (Å²) in [6.07, 6.45) is 9.42. The first-order valence-corrected chi connectivity index (χ1v) is 9.60. The third-order valence-electron chi connectivity index (χ3n) is 1.59. The molecule has 23 heavy (non-hydrogen) atoms. The van der Waals surface area contributed by atoms with Gasteiger partial charge in [-0.1, -0.05) is 13.3 Å². The Morgan fingerprint density at radius 2 is 1.52 bits per heavy atom. The Kier molecular flexibility index (Phi) is 10.4. The number of halogens is 6. The third kappa shape index (κ3) is 52.2. The Bertz CT molecular complexity index is 541. The predicted molar refractivity (Wildman–Crippen MR) is 69.7 cm³/mol. The van der Waals surface area contributed by atoms with Crippen LogP contribution in [0.5, 0.6) is 0 Å². The van der Waals surface area contributed by atoms with E-state index in [0.717, 1.165) is 6.54 Å². The summed E-state index contributed by atoms with van der Waals surface area (Å²) in [5, 5.41) is 0. The van der Waals surface area contributed by atoms with Crippen molar-refractivity contribution in [3.8, 4) is 0 Å². The number of rotatable bonds is 3. The number of hydrogen-bond donors (Lipinski definition) is 0. The van der Waals surface area contributed by atoms with Gasteiger partial charge in [0.15, 0.2) is 0 Å². The molecule has 0 aliphatic rings. The average Bonchev–Trinajstić information content (AvgIpc) is 2.53. The van der Waals surface area contributed by atoms with Gasteiger partial charge in [-0.05, 0) is 6.42 Å². The monoisotopic (exact) mass is 386 g/mol. The van der Waals surface area contributed by atoms with Gasteiger partial charge in [0.25, 0.3) is 0 Å². The molecular weight excluding hydrogens is 368 g/mol. The maximum Gasteiger partial charge on any atom is 1.00 e. The molecule has 1 heterocycles. The first-order valence-electron chi connectivity index (χ1n) is 5.76. The van der Waals surface area contributed by atoms with Crippen LogP contribution in [0, 0.1) is 0 Å². The van der Waals surface area contributed by atoms with Crippen molar-refractivity contribution in [3.63, 3.8) is 0 Å². The van der Waals surface area contributed by atoms with Crippen LogP contribution in [0.4, 0.5) is 25.2 Å². The normalized spacial score (nSPS) is 14.0. The van der Waals surface area contributed by atoms with E-state index in [1.807, 2.05) is 7.05 Å². The van der Waals surface area contributed by atoms with Crippen molar-refractivity contribution in [2.75, 3.05) is 6.26 Å². The minimum Gasteiger partial charge on any atom is 1.00 e. The van der Waals surface area contributed by atoms with Crippen LogP contribution in [0.3, 0.4) is 0 Å². The predicted octanol–water partition coefficient (Wildman–Crippen LogP) is 0.661. The van der Waals surface area contributed by atoms with Crippen LogP contribution in [0.25, 0.3) is 0 Å². The molecule has 1 aromatic heterocycles. The van der Waals surface area contributed by atoms with Crippen LogP contribution >= 0.6 is 7.81 Å². The van der Waals surface area contributed by atoms with Crippen molar-refractivity contribution in [2.45, 2.75) is 26.3 Å². The van der Waals surface area contributed by atoms with E-state index >= 15 is 0 Å². The molecule has 0 aliphatic carbocycles. The second-order valence-corrected chi connectivity index (χ2v) is 7.66. The van der Waals surface area contributed by atoms with Crippen LogP contribution in [0.1, 0.15) is 19.8 Å². The van der Waals surface area contributed by atoms with Crippen molar-refractivity contribution < 1.29 is 61.6 Å². The van der Waals surface area contributed by atoms with Gasteiger partial charge in [0, 0.05) is 6.26 Å². The first kappa shape index (κ1) is 27.6. The molecule has 0 fully saturated rings. The number of imidazole rings is 1. The van der Waals surface area contributed by atoms with E-state index in [0.29, 0.717) is 6.26 Å². The number of unbranched alkanes of at least 4 members (excludes halogenated alkanes) is 1. The average molecular weight is 386 g/mol. The Morgan fingerprint density at radius 3 is 1.74 bits per heavy atom. The summed E-state index contributed by atoms with van der Waals surface area (Å²) >= 11 is 0. The van der Waals surface area contributed by atoms with Crippen molar-refractivity contribution in [1.29, 1.82) is 0 Å². The quantitative estimate of drug-likeness (QED) is 0.252. The molecule has 1 aromatic rings. The van der Waals surface area contributed by atoms with Crippen LogP contribution in [-0.2, 0) is 23.7 Å².